The van der Waals surface area contributed by atoms with Gasteiger partial charge in [0.2, 0.25) is 0 Å². The Bertz CT molecular complexity index is 88.6. The molecule has 0 aliphatic carbocycles. The highest BCUT2D eigenvalue weighted by atomic mass is 19.3. The maximum Gasteiger partial charge on any atom is 0.287 e. The third-order valence-electron chi connectivity index (χ3n) is 0.950. The van der Waals surface area contributed by atoms with E-state index in [0.717, 1.165) is 0 Å². The van der Waals surface area contributed by atoms with Crippen LogP contribution in [0.25, 0.3) is 0 Å². The number of aliphatic hydroxyl groups excluding tert-OH is 2. The molecule has 0 aliphatic rings. The lowest BCUT2D eigenvalue weighted by molar-refractivity contribution is -0.0804. The van der Waals surface area contributed by atoms with E-state index in [1.165, 1.54) is 0 Å². The van der Waals surface area contributed by atoms with Crippen molar-refractivity contribution in [1.82, 2.24) is 0 Å². The molecule has 9 heavy (non-hydrogen) atoms. The summed E-state index contributed by atoms with van der Waals surface area (Å²) < 4.78 is 24.0. The molecule has 0 saturated carbocycles. The van der Waals surface area contributed by atoms with Crippen molar-refractivity contribution in [3.05, 3.63) is 0 Å². The van der Waals surface area contributed by atoms with E-state index in [-0.39, 0.29) is 0 Å². The van der Waals surface area contributed by atoms with Gasteiger partial charge in [-0.2, -0.15) is 0 Å². The molecule has 0 bridgehead atoms. The van der Waals surface area contributed by atoms with Gasteiger partial charge < -0.3 is 15.9 Å². The number of nitrogens with two attached hydrogens (primary N) is 1. The lowest BCUT2D eigenvalue weighted by atomic mass is 10.2. The normalized spacial score (nSPS) is 15.7. The monoisotopic (exact) mass is 141 g/mol. The molecule has 0 rings (SSSR count). The SMILES string of the molecule is N[C@H](CO)C(F)(F)CO. The molecule has 0 unspecified atom stereocenters. The zero-order chi connectivity index (χ0) is 7.49. The summed E-state index contributed by atoms with van der Waals surface area (Å²) in [5, 5.41) is 16.0. The molecule has 56 valence electrons. The van der Waals surface area contributed by atoms with E-state index in [4.69, 9.17) is 15.9 Å². The first-order valence-corrected chi connectivity index (χ1v) is 2.39. The third kappa shape index (κ3) is 2.21. The molecule has 0 aromatic carbocycles. The van der Waals surface area contributed by atoms with Crippen molar-refractivity contribution in [2.24, 2.45) is 5.73 Å². The predicted molar refractivity (Wildman–Crippen MR) is 27.1 cm³/mol. The van der Waals surface area contributed by atoms with Gasteiger partial charge in [0.1, 0.15) is 6.61 Å². The quantitative estimate of drug-likeness (QED) is 0.469. The summed E-state index contributed by atoms with van der Waals surface area (Å²) in [6, 6.07) is -1.66. The summed E-state index contributed by atoms with van der Waals surface area (Å²) in [5.41, 5.74) is 4.70. The highest BCUT2D eigenvalue weighted by molar-refractivity contribution is 4.78. The maximum absolute atomic E-state index is 12.0. The summed E-state index contributed by atoms with van der Waals surface area (Å²) >= 11 is 0. The smallest absolute Gasteiger partial charge is 0.287 e. The molecule has 0 fully saturated rings. The van der Waals surface area contributed by atoms with Crippen LogP contribution in [0.15, 0.2) is 0 Å². The Morgan fingerprint density at radius 2 is 1.89 bits per heavy atom. The van der Waals surface area contributed by atoms with Crippen molar-refractivity contribution in [2.45, 2.75) is 12.0 Å². The van der Waals surface area contributed by atoms with E-state index >= 15 is 0 Å². The Kier molecular flexibility index (Phi) is 2.96. The van der Waals surface area contributed by atoms with Crippen LogP contribution in [-0.2, 0) is 0 Å². The van der Waals surface area contributed by atoms with Crippen molar-refractivity contribution in [3.63, 3.8) is 0 Å². The molecule has 1 atom stereocenters. The molecule has 0 saturated heterocycles. The molecule has 0 heterocycles. The highest BCUT2D eigenvalue weighted by Crippen LogP contribution is 2.14. The summed E-state index contributed by atoms with van der Waals surface area (Å²) in [6.45, 7) is -2.15. The fourth-order valence-electron chi connectivity index (χ4n) is 0.251. The molecular weight excluding hydrogens is 132 g/mol. The topological polar surface area (TPSA) is 66.5 Å². The van der Waals surface area contributed by atoms with Gasteiger partial charge in [-0.25, -0.2) is 8.78 Å². The van der Waals surface area contributed by atoms with Gasteiger partial charge in [0.05, 0.1) is 12.6 Å². The zero-order valence-corrected chi connectivity index (χ0v) is 4.72. The number of alkyl halides is 2. The second-order valence-corrected chi connectivity index (χ2v) is 1.71. The van der Waals surface area contributed by atoms with Crippen LogP contribution in [0.1, 0.15) is 0 Å². The van der Waals surface area contributed by atoms with E-state index in [2.05, 4.69) is 0 Å². The first-order valence-electron chi connectivity index (χ1n) is 2.39. The van der Waals surface area contributed by atoms with Crippen LogP contribution in [0.5, 0.6) is 0 Å². The van der Waals surface area contributed by atoms with E-state index in [1.54, 1.807) is 0 Å². The van der Waals surface area contributed by atoms with Crippen LogP contribution >= 0.6 is 0 Å². The Morgan fingerprint density at radius 1 is 1.44 bits per heavy atom. The van der Waals surface area contributed by atoms with Crippen LogP contribution in [0.2, 0.25) is 0 Å². The molecule has 0 aliphatic heterocycles. The number of halogens is 2. The summed E-state index contributed by atoms with van der Waals surface area (Å²) in [7, 11) is 0. The molecular formula is C4H9F2NO2. The highest BCUT2D eigenvalue weighted by Gasteiger charge is 2.35. The largest absolute Gasteiger partial charge is 0.395 e. The van der Waals surface area contributed by atoms with Gasteiger partial charge in [0.25, 0.3) is 5.92 Å². The molecule has 0 aromatic rings. The van der Waals surface area contributed by atoms with Crippen molar-refractivity contribution >= 4 is 0 Å². The van der Waals surface area contributed by atoms with Crippen LogP contribution < -0.4 is 5.73 Å². The summed E-state index contributed by atoms with van der Waals surface area (Å²) in [4.78, 5) is 0. The van der Waals surface area contributed by atoms with Crippen LogP contribution in [0.4, 0.5) is 8.78 Å². The first kappa shape index (κ1) is 8.74. The van der Waals surface area contributed by atoms with Gasteiger partial charge in [-0.15, -0.1) is 0 Å². The van der Waals surface area contributed by atoms with Crippen molar-refractivity contribution in [2.75, 3.05) is 13.2 Å². The number of hydrogen-bond acceptors (Lipinski definition) is 3. The zero-order valence-electron chi connectivity index (χ0n) is 4.72. The number of rotatable bonds is 3. The average molecular weight is 141 g/mol. The lowest BCUT2D eigenvalue weighted by Gasteiger charge is -2.18. The van der Waals surface area contributed by atoms with Gasteiger partial charge in [0, 0.05) is 0 Å². The fourth-order valence-corrected chi connectivity index (χ4v) is 0.251. The minimum atomic E-state index is -3.37. The molecule has 5 heteroatoms. The Morgan fingerprint density at radius 3 is 2.00 bits per heavy atom. The Balaban J connectivity index is 3.80. The van der Waals surface area contributed by atoms with Crippen molar-refractivity contribution < 1.29 is 19.0 Å². The number of hydrogen-bond donors (Lipinski definition) is 3. The Hall–Kier alpha value is -0.260. The molecule has 0 amide bonds. The van der Waals surface area contributed by atoms with Gasteiger partial charge in [-0.05, 0) is 0 Å². The van der Waals surface area contributed by atoms with E-state index in [0.29, 0.717) is 0 Å². The molecule has 0 spiro atoms. The minimum absolute atomic E-state index is 0.826. The van der Waals surface area contributed by atoms with Crippen LogP contribution in [0.3, 0.4) is 0 Å². The van der Waals surface area contributed by atoms with Crippen LogP contribution in [-0.4, -0.2) is 35.4 Å². The molecule has 0 aromatic heterocycles. The minimum Gasteiger partial charge on any atom is -0.395 e. The molecule has 4 N–H and O–H groups in total. The van der Waals surface area contributed by atoms with E-state index in [9.17, 15) is 8.78 Å². The van der Waals surface area contributed by atoms with Gasteiger partial charge in [-0.1, -0.05) is 0 Å². The summed E-state index contributed by atoms with van der Waals surface area (Å²) in [5.74, 6) is -3.37. The van der Waals surface area contributed by atoms with Gasteiger partial charge in [0.15, 0.2) is 0 Å². The Labute approximate surface area is 51.1 Å². The maximum atomic E-state index is 12.0. The predicted octanol–water partition coefficient (Wildman–Crippen LogP) is -1.07. The molecule has 0 radical (unpaired) electrons. The molecule has 3 nitrogen and oxygen atoms in total. The van der Waals surface area contributed by atoms with Crippen molar-refractivity contribution in [1.29, 1.82) is 0 Å². The standard InChI is InChI=1S/C4H9F2NO2/c5-4(6,2-9)3(7)1-8/h3,8-9H,1-2,7H2/t3-/m1/s1. The van der Waals surface area contributed by atoms with E-state index < -0.39 is 25.2 Å². The first-order chi connectivity index (χ1) is 4.04. The van der Waals surface area contributed by atoms with Gasteiger partial charge in [-0.3, -0.25) is 0 Å². The van der Waals surface area contributed by atoms with Crippen molar-refractivity contribution in [3.8, 4) is 0 Å². The summed E-state index contributed by atoms with van der Waals surface area (Å²) in [6.07, 6.45) is 0. The van der Waals surface area contributed by atoms with Crippen LogP contribution in [0, 0.1) is 0 Å². The number of aliphatic hydroxyl groups is 2. The fraction of sp³-hybridized carbons (Fsp3) is 1.00. The lowest BCUT2D eigenvalue weighted by Crippen LogP contribution is -2.46. The van der Waals surface area contributed by atoms with Gasteiger partial charge >= 0.3 is 0 Å². The average Bonchev–Trinajstić information content (AvgIpc) is 1.86. The second-order valence-electron chi connectivity index (χ2n) is 1.71. The third-order valence-corrected chi connectivity index (χ3v) is 0.950. The second kappa shape index (κ2) is 3.05. The van der Waals surface area contributed by atoms with E-state index in [1.807, 2.05) is 0 Å².